The first-order valence-corrected chi connectivity index (χ1v) is 11.9. The van der Waals surface area contributed by atoms with Gasteiger partial charge >= 0.3 is 0 Å². The predicted molar refractivity (Wildman–Crippen MR) is 137 cm³/mol. The highest BCUT2D eigenvalue weighted by molar-refractivity contribution is 6.02. The first kappa shape index (κ1) is 23.8. The molecule has 2 heterocycles. The molecule has 1 spiro atoms. The van der Waals surface area contributed by atoms with Gasteiger partial charge in [0.25, 0.3) is 0 Å². The monoisotopic (exact) mass is 458 g/mol. The highest BCUT2D eigenvalue weighted by Crippen LogP contribution is 2.37. The number of carbonyl (C=O) groups excluding carboxylic acids is 1. The number of likely N-dealkylation sites (tertiary alicyclic amines) is 1. The number of allylic oxidation sites excluding steroid dienone is 2. The quantitative estimate of drug-likeness (QED) is 0.416. The van der Waals surface area contributed by atoms with Crippen molar-refractivity contribution in [2.24, 2.45) is 10.6 Å². The Morgan fingerprint density at radius 1 is 1.09 bits per heavy atom. The smallest absolute Gasteiger partial charge is 0.246 e. The van der Waals surface area contributed by atoms with E-state index in [2.05, 4.69) is 50.2 Å². The second kappa shape index (κ2) is 9.88. The maximum atomic E-state index is 13.2. The van der Waals surface area contributed by atoms with Gasteiger partial charge in [0.2, 0.25) is 5.91 Å². The lowest BCUT2D eigenvalue weighted by molar-refractivity contribution is -0.131. The molecule has 0 aromatic heterocycles. The molecule has 2 aromatic carbocycles. The molecule has 34 heavy (non-hydrogen) atoms. The number of ether oxygens (including phenoxy) is 1. The zero-order valence-electron chi connectivity index (χ0n) is 20.6. The third kappa shape index (κ3) is 5.58. The van der Waals surface area contributed by atoms with Gasteiger partial charge in [0.15, 0.2) is 0 Å². The van der Waals surface area contributed by atoms with E-state index in [1.54, 1.807) is 13.2 Å². The van der Waals surface area contributed by atoms with Crippen LogP contribution in [0.5, 0.6) is 5.75 Å². The molecule has 0 N–H and O–H groups in total. The summed E-state index contributed by atoms with van der Waals surface area (Å²) in [5.41, 5.74) is 3.65. The lowest BCUT2D eigenvalue weighted by atomic mass is 9.84. The van der Waals surface area contributed by atoms with Gasteiger partial charge in [0, 0.05) is 44.0 Å². The summed E-state index contributed by atoms with van der Waals surface area (Å²) in [6.07, 6.45) is 8.23. The van der Waals surface area contributed by atoms with Crippen molar-refractivity contribution in [1.29, 1.82) is 0 Å². The fraction of sp³-hybridized carbons (Fsp3) is 0.379. The molecule has 2 aromatic rings. The van der Waals surface area contributed by atoms with E-state index in [9.17, 15) is 4.79 Å². The van der Waals surface area contributed by atoms with Gasteiger partial charge in [-0.3, -0.25) is 4.79 Å². The fourth-order valence-corrected chi connectivity index (χ4v) is 4.37. The predicted octanol–water partition coefficient (Wildman–Crippen LogP) is 5.87. The molecule has 5 heteroatoms. The highest BCUT2D eigenvalue weighted by Gasteiger charge is 2.43. The molecular weight excluding hydrogens is 424 g/mol. The molecule has 0 radical (unpaired) electrons. The van der Waals surface area contributed by atoms with E-state index < -0.39 is 0 Å². The summed E-state index contributed by atoms with van der Waals surface area (Å²) in [6.45, 7) is 7.73. The van der Waals surface area contributed by atoms with E-state index >= 15 is 0 Å². The van der Waals surface area contributed by atoms with E-state index in [0.717, 1.165) is 47.4 Å². The number of oxime groups is 1. The van der Waals surface area contributed by atoms with Crippen molar-refractivity contribution in [3.8, 4) is 5.75 Å². The topological polar surface area (TPSA) is 51.1 Å². The van der Waals surface area contributed by atoms with Crippen molar-refractivity contribution in [1.82, 2.24) is 4.90 Å². The molecule has 0 saturated carbocycles. The molecule has 1 amide bonds. The summed E-state index contributed by atoms with van der Waals surface area (Å²) in [5, 5.41) is 4.40. The molecule has 1 fully saturated rings. The third-order valence-electron chi connectivity index (χ3n) is 6.63. The molecule has 4 rings (SSSR count). The van der Waals surface area contributed by atoms with Gasteiger partial charge in [-0.25, -0.2) is 0 Å². The van der Waals surface area contributed by atoms with E-state index in [1.165, 1.54) is 0 Å². The number of rotatable bonds is 5. The minimum atomic E-state index is -0.320. The first-order chi connectivity index (χ1) is 16.3. The van der Waals surface area contributed by atoms with Crippen LogP contribution >= 0.6 is 0 Å². The number of hydrogen-bond acceptors (Lipinski definition) is 4. The van der Waals surface area contributed by atoms with Gasteiger partial charge in [-0.1, -0.05) is 80.5 Å². The maximum absolute atomic E-state index is 13.2. The van der Waals surface area contributed by atoms with Crippen LogP contribution in [0.25, 0.3) is 6.08 Å². The lowest BCUT2D eigenvalue weighted by Crippen LogP contribution is -2.46. The molecule has 1 saturated heterocycles. The van der Waals surface area contributed by atoms with E-state index in [0.29, 0.717) is 13.1 Å². The molecule has 5 nitrogen and oxygen atoms in total. The first-order valence-electron chi connectivity index (χ1n) is 11.9. The summed E-state index contributed by atoms with van der Waals surface area (Å²) >= 11 is 0. The Hall–Kier alpha value is -3.34. The molecule has 2 aliphatic rings. The normalized spacial score (nSPS) is 18.2. The standard InChI is InChI=1S/C29H34N2O3/c1-28(2,3)24(14-13-22-9-6-5-7-10-22)20-27(32)31-17-15-29(16-18-31)21-26(30-34-29)23-11-8-12-25(19-23)33-4/h5-14,19-20H,15-18,21H2,1-4H3. The Morgan fingerprint density at radius 2 is 1.82 bits per heavy atom. The van der Waals surface area contributed by atoms with Gasteiger partial charge in [-0.2, -0.15) is 0 Å². The molecule has 0 aliphatic carbocycles. The van der Waals surface area contributed by atoms with Crippen LogP contribution in [-0.2, 0) is 9.63 Å². The summed E-state index contributed by atoms with van der Waals surface area (Å²) in [7, 11) is 1.66. The zero-order chi connectivity index (χ0) is 24.2. The second-order valence-corrected chi connectivity index (χ2v) is 10.1. The van der Waals surface area contributed by atoms with Crippen LogP contribution in [0.4, 0.5) is 0 Å². The van der Waals surface area contributed by atoms with E-state index in [1.807, 2.05) is 47.4 Å². The summed E-state index contributed by atoms with van der Waals surface area (Å²) in [5.74, 6) is 0.869. The van der Waals surface area contributed by atoms with Crippen LogP contribution in [0.3, 0.4) is 0 Å². The third-order valence-corrected chi connectivity index (χ3v) is 6.63. The van der Waals surface area contributed by atoms with Crippen molar-refractivity contribution in [2.45, 2.75) is 45.6 Å². The molecule has 178 valence electrons. The molecular formula is C29H34N2O3. The van der Waals surface area contributed by atoms with Gasteiger partial charge < -0.3 is 14.5 Å². The van der Waals surface area contributed by atoms with Crippen LogP contribution in [0.2, 0.25) is 0 Å². The number of carbonyl (C=O) groups is 1. The van der Waals surface area contributed by atoms with Gasteiger partial charge in [-0.15, -0.1) is 0 Å². The Balaban J connectivity index is 1.40. The van der Waals surface area contributed by atoms with E-state index in [4.69, 9.17) is 9.57 Å². The number of nitrogens with zero attached hydrogens (tertiary/aromatic N) is 2. The average molecular weight is 459 g/mol. The number of benzene rings is 2. The number of amides is 1. The highest BCUT2D eigenvalue weighted by atomic mass is 16.7. The number of piperidine rings is 1. The van der Waals surface area contributed by atoms with Crippen molar-refractivity contribution < 1.29 is 14.4 Å². The Labute approximate surface area is 202 Å². The minimum Gasteiger partial charge on any atom is -0.497 e. The lowest BCUT2D eigenvalue weighted by Gasteiger charge is -2.37. The minimum absolute atomic E-state index is 0.0596. The van der Waals surface area contributed by atoms with Crippen molar-refractivity contribution in [3.63, 3.8) is 0 Å². The Bertz CT molecular complexity index is 1100. The average Bonchev–Trinajstić information content (AvgIpc) is 3.25. The maximum Gasteiger partial charge on any atom is 0.246 e. The van der Waals surface area contributed by atoms with Crippen LogP contribution in [-0.4, -0.2) is 42.3 Å². The van der Waals surface area contributed by atoms with Gasteiger partial charge in [0.1, 0.15) is 11.4 Å². The van der Waals surface area contributed by atoms with E-state index in [-0.39, 0.29) is 16.9 Å². The van der Waals surface area contributed by atoms with Crippen LogP contribution < -0.4 is 4.74 Å². The van der Waals surface area contributed by atoms with Crippen molar-refractivity contribution >= 4 is 17.7 Å². The van der Waals surface area contributed by atoms with Crippen LogP contribution in [0, 0.1) is 5.41 Å². The second-order valence-electron chi connectivity index (χ2n) is 10.1. The van der Waals surface area contributed by atoms with Crippen molar-refractivity contribution in [2.75, 3.05) is 20.2 Å². The summed E-state index contributed by atoms with van der Waals surface area (Å²) in [4.78, 5) is 21.0. The fourth-order valence-electron chi connectivity index (χ4n) is 4.37. The Morgan fingerprint density at radius 3 is 2.50 bits per heavy atom. The number of methoxy groups -OCH3 is 1. The summed E-state index contributed by atoms with van der Waals surface area (Å²) in [6, 6.07) is 18.1. The van der Waals surface area contributed by atoms with Gasteiger partial charge in [0.05, 0.1) is 12.8 Å². The summed E-state index contributed by atoms with van der Waals surface area (Å²) < 4.78 is 5.34. The zero-order valence-corrected chi connectivity index (χ0v) is 20.6. The molecule has 2 aliphatic heterocycles. The molecule has 0 unspecified atom stereocenters. The van der Waals surface area contributed by atoms with Crippen molar-refractivity contribution in [3.05, 3.63) is 83.4 Å². The van der Waals surface area contributed by atoms with Crippen LogP contribution in [0.1, 0.15) is 51.2 Å². The molecule has 0 bridgehead atoms. The van der Waals surface area contributed by atoms with Crippen LogP contribution in [0.15, 0.2) is 77.5 Å². The Kier molecular flexibility index (Phi) is 6.92. The SMILES string of the molecule is COc1cccc(C2=NOC3(CCN(C(=O)C=C(C=Cc4ccccc4)C(C)(C)C)CC3)C2)c1. The number of hydrogen-bond donors (Lipinski definition) is 0. The molecule has 0 atom stereocenters. The largest absolute Gasteiger partial charge is 0.497 e. The van der Waals surface area contributed by atoms with Gasteiger partial charge in [-0.05, 0) is 28.7 Å².